The Kier molecular flexibility index (Phi) is 73.7. The number of phosphoric ester groups is 2. The lowest BCUT2D eigenvalue weighted by molar-refractivity contribution is -0.161. The molecule has 0 aliphatic heterocycles. The van der Waals surface area contributed by atoms with E-state index >= 15 is 0 Å². The normalized spacial score (nSPS) is 14.2. The number of unbranched alkanes of at least 4 members (excludes halogenated alkanes) is 50. The molecule has 0 aromatic heterocycles. The molecule has 0 spiro atoms. The van der Waals surface area contributed by atoms with Gasteiger partial charge in [-0.3, -0.25) is 37.3 Å². The average Bonchev–Trinajstić information content (AvgIpc) is 0.905. The van der Waals surface area contributed by atoms with Crippen LogP contribution in [0.3, 0.4) is 0 Å². The number of ether oxygens (including phenoxy) is 4. The number of esters is 4. The highest BCUT2D eigenvalue weighted by Gasteiger charge is 2.30. The van der Waals surface area contributed by atoms with E-state index in [1.54, 1.807) is 0 Å². The van der Waals surface area contributed by atoms with Crippen molar-refractivity contribution >= 4 is 39.5 Å². The van der Waals surface area contributed by atoms with Crippen LogP contribution >= 0.6 is 15.6 Å². The second-order valence-electron chi connectivity index (χ2n) is 31.8. The molecule has 104 heavy (non-hydrogen) atoms. The van der Waals surface area contributed by atoms with Crippen molar-refractivity contribution in [2.75, 3.05) is 39.6 Å². The maximum absolute atomic E-state index is 13.1. The molecule has 0 bridgehead atoms. The summed E-state index contributed by atoms with van der Waals surface area (Å²) in [6.07, 6.45) is 65.1. The van der Waals surface area contributed by atoms with Crippen molar-refractivity contribution in [1.29, 1.82) is 0 Å². The molecule has 17 nitrogen and oxygen atoms in total. The number of phosphoric acid groups is 2. The summed E-state index contributed by atoms with van der Waals surface area (Å²) in [6, 6.07) is 0. The highest BCUT2D eigenvalue weighted by atomic mass is 31.2. The molecule has 618 valence electrons. The van der Waals surface area contributed by atoms with E-state index in [2.05, 4.69) is 48.5 Å². The summed E-state index contributed by atoms with van der Waals surface area (Å²) in [7, 11) is -9.93. The van der Waals surface area contributed by atoms with Gasteiger partial charge in [0.15, 0.2) is 12.2 Å². The van der Waals surface area contributed by atoms with Gasteiger partial charge in [0.1, 0.15) is 19.3 Å². The number of aliphatic hydroxyl groups is 1. The number of rotatable bonds is 83. The first-order chi connectivity index (χ1) is 50.3. The standard InChI is InChI=1S/C85H166O17P2/c1-8-10-11-12-13-14-15-16-17-18-19-20-21-26-32-39-47-54-61-68-84(89)101-80(72-95-82(87)66-59-52-45-38-31-25-23-22-24-30-37-44-51-58-65-78(7)9-2)74-99-103(91,92)97-70-79(86)71-98-104(93,94)100-75-81(73-96-83(88)67-60-53-46-41-34-36-43-50-57-64-77(5)6)102-85(90)69-62-55-48-40-33-28-27-29-35-42-49-56-63-76(3)4/h76-81,86H,8-75H2,1-7H3,(H,91,92)(H,93,94)/t78?,79-,80-,81-/m1/s1. The largest absolute Gasteiger partial charge is 0.472 e. The van der Waals surface area contributed by atoms with Gasteiger partial charge in [0.25, 0.3) is 0 Å². The van der Waals surface area contributed by atoms with Crippen LogP contribution in [0.2, 0.25) is 0 Å². The minimum atomic E-state index is -4.97. The van der Waals surface area contributed by atoms with Crippen molar-refractivity contribution in [3.05, 3.63) is 0 Å². The number of carbonyl (C=O) groups excluding carboxylic acids is 4. The van der Waals surface area contributed by atoms with E-state index in [9.17, 15) is 43.2 Å². The molecular formula is C85H166O17P2. The molecule has 0 aromatic carbocycles. The smallest absolute Gasteiger partial charge is 0.462 e. The van der Waals surface area contributed by atoms with E-state index in [-0.39, 0.29) is 25.7 Å². The second-order valence-corrected chi connectivity index (χ2v) is 34.7. The Balaban J connectivity index is 5.26. The minimum absolute atomic E-state index is 0.107. The first kappa shape index (κ1) is 102. The van der Waals surface area contributed by atoms with Crippen molar-refractivity contribution in [2.24, 2.45) is 17.8 Å². The summed E-state index contributed by atoms with van der Waals surface area (Å²) >= 11 is 0. The van der Waals surface area contributed by atoms with Crippen molar-refractivity contribution in [3.8, 4) is 0 Å². The maximum atomic E-state index is 13.1. The molecule has 0 aliphatic rings. The van der Waals surface area contributed by atoms with Crippen LogP contribution in [0.5, 0.6) is 0 Å². The molecule has 0 radical (unpaired) electrons. The van der Waals surface area contributed by atoms with Gasteiger partial charge in [-0.1, -0.05) is 395 Å². The first-order valence-corrected chi connectivity index (χ1v) is 46.9. The summed E-state index contributed by atoms with van der Waals surface area (Å²) in [5.74, 6) is 0.265. The highest BCUT2D eigenvalue weighted by Crippen LogP contribution is 2.45. The molecule has 0 aliphatic carbocycles. The van der Waals surface area contributed by atoms with Crippen molar-refractivity contribution < 1.29 is 80.2 Å². The number of carbonyl (C=O) groups is 4. The second kappa shape index (κ2) is 75.1. The zero-order chi connectivity index (χ0) is 76.5. The molecule has 0 fully saturated rings. The van der Waals surface area contributed by atoms with Gasteiger partial charge >= 0.3 is 39.5 Å². The molecule has 0 saturated carbocycles. The molecule has 0 aromatic rings. The van der Waals surface area contributed by atoms with Crippen LogP contribution in [0, 0.1) is 17.8 Å². The van der Waals surface area contributed by atoms with Gasteiger partial charge in [0, 0.05) is 25.7 Å². The molecule has 3 N–H and O–H groups in total. The minimum Gasteiger partial charge on any atom is -0.462 e. The maximum Gasteiger partial charge on any atom is 0.472 e. The van der Waals surface area contributed by atoms with E-state index in [0.29, 0.717) is 25.7 Å². The number of hydrogen-bond acceptors (Lipinski definition) is 15. The van der Waals surface area contributed by atoms with Gasteiger partial charge in [-0.05, 0) is 43.4 Å². The Labute approximate surface area is 638 Å². The lowest BCUT2D eigenvalue weighted by Gasteiger charge is -2.21. The summed E-state index contributed by atoms with van der Waals surface area (Å²) in [5, 5.41) is 10.7. The summed E-state index contributed by atoms with van der Waals surface area (Å²) in [4.78, 5) is 73.2. The molecule has 3 unspecified atom stereocenters. The first-order valence-electron chi connectivity index (χ1n) is 43.9. The van der Waals surface area contributed by atoms with Gasteiger partial charge in [-0.2, -0.15) is 0 Å². The van der Waals surface area contributed by atoms with Crippen LogP contribution < -0.4 is 0 Å². The predicted octanol–water partition coefficient (Wildman–Crippen LogP) is 25.7. The van der Waals surface area contributed by atoms with E-state index in [0.717, 1.165) is 108 Å². The van der Waals surface area contributed by atoms with Crippen LogP contribution in [0.1, 0.15) is 447 Å². The zero-order valence-corrected chi connectivity index (χ0v) is 70.3. The van der Waals surface area contributed by atoms with Gasteiger partial charge in [-0.15, -0.1) is 0 Å². The van der Waals surface area contributed by atoms with Gasteiger partial charge in [0.2, 0.25) is 0 Å². The number of aliphatic hydroxyl groups excluding tert-OH is 1. The zero-order valence-electron chi connectivity index (χ0n) is 68.5. The third-order valence-corrected chi connectivity index (χ3v) is 22.1. The van der Waals surface area contributed by atoms with Crippen molar-refractivity contribution in [3.63, 3.8) is 0 Å². The van der Waals surface area contributed by atoms with E-state index < -0.39 is 97.5 Å². The Morgan fingerprint density at radius 2 is 0.490 bits per heavy atom. The van der Waals surface area contributed by atoms with Crippen LogP contribution in [-0.2, 0) is 65.4 Å². The van der Waals surface area contributed by atoms with Gasteiger partial charge in [-0.25, -0.2) is 9.13 Å². The van der Waals surface area contributed by atoms with Crippen LogP contribution in [-0.4, -0.2) is 96.7 Å². The Morgan fingerprint density at radius 3 is 0.731 bits per heavy atom. The SMILES string of the molecule is CCCCCCCCCCCCCCCCCCCCCC(=O)O[C@H](COC(=O)CCCCCCCCCCCCCCCCC(C)CC)COP(=O)(O)OC[C@@H](O)COP(=O)(O)OC[C@@H](COC(=O)CCCCCCCCCCCC(C)C)OC(=O)CCCCCCCCCCCCCCC(C)C. The topological polar surface area (TPSA) is 237 Å². The molecule has 6 atom stereocenters. The Morgan fingerprint density at radius 1 is 0.279 bits per heavy atom. The summed E-state index contributed by atoms with van der Waals surface area (Å²) in [5.41, 5.74) is 0. The third kappa shape index (κ3) is 76.8. The molecule has 0 amide bonds. The Bertz CT molecular complexity index is 2010. The predicted molar refractivity (Wildman–Crippen MR) is 428 cm³/mol. The molecule has 0 rings (SSSR count). The van der Waals surface area contributed by atoms with E-state index in [4.69, 9.17) is 37.0 Å². The number of hydrogen-bond donors (Lipinski definition) is 3. The molecule has 0 saturated heterocycles. The fraction of sp³-hybridized carbons (Fsp3) is 0.953. The average molecular weight is 1520 g/mol. The quantitative estimate of drug-likeness (QED) is 0.0222. The third-order valence-electron chi connectivity index (χ3n) is 20.2. The Hall–Kier alpha value is -1.94. The summed E-state index contributed by atoms with van der Waals surface area (Å²) < 4.78 is 68.9. The van der Waals surface area contributed by atoms with Crippen LogP contribution in [0.4, 0.5) is 0 Å². The van der Waals surface area contributed by atoms with E-state index in [1.807, 2.05) is 0 Å². The highest BCUT2D eigenvalue weighted by molar-refractivity contribution is 7.47. The fourth-order valence-electron chi connectivity index (χ4n) is 13.2. The summed E-state index contributed by atoms with van der Waals surface area (Å²) in [6.45, 7) is 12.0. The van der Waals surface area contributed by atoms with Crippen molar-refractivity contribution in [2.45, 2.75) is 465 Å². The fourth-order valence-corrected chi connectivity index (χ4v) is 14.7. The van der Waals surface area contributed by atoms with Gasteiger partial charge in [0.05, 0.1) is 26.4 Å². The van der Waals surface area contributed by atoms with Gasteiger partial charge < -0.3 is 33.8 Å². The molecule has 19 heteroatoms. The van der Waals surface area contributed by atoms with Crippen LogP contribution in [0.25, 0.3) is 0 Å². The lowest BCUT2D eigenvalue weighted by Crippen LogP contribution is -2.30. The monoisotopic (exact) mass is 1520 g/mol. The molecular weight excluding hydrogens is 1350 g/mol. The lowest BCUT2D eigenvalue weighted by atomic mass is 9.99. The van der Waals surface area contributed by atoms with Crippen molar-refractivity contribution in [1.82, 2.24) is 0 Å². The molecule has 0 heterocycles. The van der Waals surface area contributed by atoms with E-state index in [1.165, 1.54) is 257 Å². The van der Waals surface area contributed by atoms with Crippen LogP contribution in [0.15, 0.2) is 0 Å².